The van der Waals surface area contributed by atoms with Crippen LogP contribution in [0.2, 0.25) is 0 Å². The van der Waals surface area contributed by atoms with Crippen molar-refractivity contribution in [3.63, 3.8) is 0 Å². The number of nitrogens with zero attached hydrogens (tertiary/aromatic N) is 5. The molecule has 0 atom stereocenters. The van der Waals surface area contributed by atoms with Gasteiger partial charge < -0.3 is 9.80 Å². The Morgan fingerprint density at radius 3 is 2.33 bits per heavy atom. The number of hydrogen-bond donors (Lipinski definition) is 0. The predicted molar refractivity (Wildman–Crippen MR) is 98.4 cm³/mol. The molecule has 1 aliphatic heterocycles. The fourth-order valence-electron chi connectivity index (χ4n) is 2.79. The summed E-state index contributed by atoms with van der Waals surface area (Å²) >= 11 is 1.51. The van der Waals surface area contributed by atoms with Gasteiger partial charge in [-0.1, -0.05) is 41.6 Å². The van der Waals surface area contributed by atoms with Gasteiger partial charge in [0.25, 0.3) is 0 Å². The Balaban J connectivity index is 2.10. The molecule has 0 amide bonds. The third kappa shape index (κ3) is 3.37. The summed E-state index contributed by atoms with van der Waals surface area (Å²) in [5, 5.41) is 10.5. The van der Waals surface area contributed by atoms with Crippen molar-refractivity contribution in [3.8, 4) is 17.3 Å². The summed E-state index contributed by atoms with van der Waals surface area (Å²) < 4.78 is 0. The van der Waals surface area contributed by atoms with E-state index < -0.39 is 0 Å². The molecule has 1 aromatic heterocycles. The second kappa shape index (κ2) is 7.20. The minimum atomic E-state index is 0.571. The maximum absolute atomic E-state index is 9.79. The zero-order chi connectivity index (χ0) is 17.1. The molecule has 2 heterocycles. The van der Waals surface area contributed by atoms with Crippen LogP contribution in [-0.2, 0) is 0 Å². The highest BCUT2D eigenvalue weighted by molar-refractivity contribution is 7.98. The first-order chi connectivity index (χ1) is 11.6. The number of nitriles is 1. The maximum atomic E-state index is 9.79. The van der Waals surface area contributed by atoms with E-state index in [0.717, 1.165) is 43.3 Å². The summed E-state index contributed by atoms with van der Waals surface area (Å²) in [7, 11) is 2.12. The zero-order valence-corrected chi connectivity index (χ0v) is 15.1. The van der Waals surface area contributed by atoms with Crippen LogP contribution in [0, 0.1) is 18.3 Å². The second-order valence-corrected chi connectivity index (χ2v) is 6.80. The highest BCUT2D eigenvalue weighted by Gasteiger charge is 2.23. The summed E-state index contributed by atoms with van der Waals surface area (Å²) in [4.78, 5) is 13.8. The van der Waals surface area contributed by atoms with Gasteiger partial charge >= 0.3 is 0 Å². The molecule has 124 valence electrons. The minimum absolute atomic E-state index is 0.571. The fourth-order valence-corrected chi connectivity index (χ4v) is 3.15. The van der Waals surface area contributed by atoms with Crippen molar-refractivity contribution in [2.75, 3.05) is 44.4 Å². The molecule has 0 spiro atoms. The lowest BCUT2D eigenvalue weighted by molar-refractivity contribution is 0.311. The molecular weight excluding hydrogens is 318 g/mol. The van der Waals surface area contributed by atoms with E-state index in [1.54, 1.807) is 0 Å². The molecule has 0 unspecified atom stereocenters. The van der Waals surface area contributed by atoms with Crippen molar-refractivity contribution in [1.82, 2.24) is 14.9 Å². The van der Waals surface area contributed by atoms with Crippen LogP contribution < -0.4 is 4.90 Å². The molecule has 0 saturated carbocycles. The number of likely N-dealkylation sites (N-methyl/N-ethyl adjacent to an activating group) is 1. The summed E-state index contributed by atoms with van der Waals surface area (Å²) in [6, 6.07) is 10.5. The lowest BCUT2D eigenvalue weighted by atomic mass is 10.0. The molecule has 0 bridgehead atoms. The van der Waals surface area contributed by atoms with Crippen LogP contribution in [0.3, 0.4) is 0 Å². The third-order valence-corrected chi connectivity index (χ3v) is 4.84. The number of thioether (sulfide) groups is 1. The molecule has 24 heavy (non-hydrogen) atoms. The molecule has 0 radical (unpaired) electrons. The van der Waals surface area contributed by atoms with Gasteiger partial charge in [0.15, 0.2) is 11.0 Å². The highest BCUT2D eigenvalue weighted by atomic mass is 32.2. The maximum Gasteiger partial charge on any atom is 0.189 e. The Labute approximate surface area is 147 Å². The van der Waals surface area contributed by atoms with Gasteiger partial charge in [-0.15, -0.1) is 0 Å². The Hall–Kier alpha value is -2.10. The number of hydrogen-bond acceptors (Lipinski definition) is 6. The summed E-state index contributed by atoms with van der Waals surface area (Å²) in [5.41, 5.74) is 3.45. The molecule has 1 aliphatic rings. The first-order valence-electron chi connectivity index (χ1n) is 7.99. The molecule has 1 fully saturated rings. The topological polar surface area (TPSA) is 56.1 Å². The van der Waals surface area contributed by atoms with Gasteiger partial charge in [0, 0.05) is 31.7 Å². The van der Waals surface area contributed by atoms with Crippen molar-refractivity contribution in [3.05, 3.63) is 35.4 Å². The van der Waals surface area contributed by atoms with E-state index in [1.165, 1.54) is 17.3 Å². The van der Waals surface area contributed by atoms with Gasteiger partial charge in [0.2, 0.25) is 0 Å². The summed E-state index contributed by atoms with van der Waals surface area (Å²) in [6.07, 6.45) is 1.97. The first-order valence-corrected chi connectivity index (χ1v) is 9.21. The number of rotatable bonds is 3. The smallest absolute Gasteiger partial charge is 0.189 e. The van der Waals surface area contributed by atoms with E-state index >= 15 is 0 Å². The zero-order valence-electron chi connectivity index (χ0n) is 14.3. The lowest BCUT2D eigenvalue weighted by Gasteiger charge is -2.33. The molecule has 1 aromatic carbocycles. The van der Waals surface area contributed by atoms with Gasteiger partial charge in [-0.3, -0.25) is 0 Å². The molecule has 0 N–H and O–H groups in total. The normalized spacial score (nSPS) is 15.3. The average molecular weight is 339 g/mol. The van der Waals surface area contributed by atoms with E-state index in [4.69, 9.17) is 0 Å². The molecule has 3 rings (SSSR count). The molecular formula is C18H21N5S. The standard InChI is InChI=1S/C18H21N5S/c1-13-4-6-14(7-5-13)16-15(12-19)17(21-18(20-16)24-3)23-10-8-22(2)9-11-23/h4-7H,8-11H2,1-3H3. The van der Waals surface area contributed by atoms with Gasteiger partial charge in [0.05, 0.1) is 5.69 Å². The molecule has 0 aliphatic carbocycles. The Morgan fingerprint density at radius 1 is 1.08 bits per heavy atom. The van der Waals surface area contributed by atoms with Crippen LogP contribution >= 0.6 is 11.8 Å². The Bertz CT molecular complexity index is 758. The third-order valence-electron chi connectivity index (χ3n) is 4.29. The van der Waals surface area contributed by atoms with Crippen molar-refractivity contribution in [1.29, 1.82) is 5.26 Å². The van der Waals surface area contributed by atoms with E-state index in [1.807, 2.05) is 30.5 Å². The van der Waals surface area contributed by atoms with Crippen LogP contribution in [0.15, 0.2) is 29.4 Å². The van der Waals surface area contributed by atoms with E-state index in [9.17, 15) is 5.26 Å². The quantitative estimate of drug-likeness (QED) is 0.633. The highest BCUT2D eigenvalue weighted by Crippen LogP contribution is 2.30. The number of aromatic nitrogens is 2. The lowest BCUT2D eigenvalue weighted by Crippen LogP contribution is -2.45. The van der Waals surface area contributed by atoms with Crippen LogP contribution in [0.5, 0.6) is 0 Å². The predicted octanol–water partition coefficient (Wildman–Crippen LogP) is 2.80. The van der Waals surface area contributed by atoms with Crippen molar-refractivity contribution in [2.24, 2.45) is 0 Å². The van der Waals surface area contributed by atoms with Crippen molar-refractivity contribution in [2.45, 2.75) is 12.1 Å². The van der Waals surface area contributed by atoms with Gasteiger partial charge in [0.1, 0.15) is 11.6 Å². The molecule has 5 nitrogen and oxygen atoms in total. The molecule has 6 heteroatoms. The van der Waals surface area contributed by atoms with Gasteiger partial charge in [-0.25, -0.2) is 9.97 Å². The van der Waals surface area contributed by atoms with E-state index in [0.29, 0.717) is 10.7 Å². The van der Waals surface area contributed by atoms with Crippen molar-refractivity contribution >= 4 is 17.6 Å². The van der Waals surface area contributed by atoms with Crippen LogP contribution in [-0.4, -0.2) is 54.4 Å². The fraction of sp³-hybridized carbons (Fsp3) is 0.389. The van der Waals surface area contributed by atoms with Crippen LogP contribution in [0.25, 0.3) is 11.3 Å². The van der Waals surface area contributed by atoms with Crippen LogP contribution in [0.4, 0.5) is 5.82 Å². The SMILES string of the molecule is CSc1nc(-c2ccc(C)cc2)c(C#N)c(N2CCN(C)CC2)n1. The molecule has 1 saturated heterocycles. The first kappa shape index (κ1) is 16.7. The number of anilines is 1. The number of benzene rings is 1. The Kier molecular flexibility index (Phi) is 5.03. The average Bonchev–Trinajstić information content (AvgIpc) is 2.62. The minimum Gasteiger partial charge on any atom is -0.353 e. The monoisotopic (exact) mass is 339 g/mol. The van der Waals surface area contributed by atoms with E-state index in [2.05, 4.69) is 39.8 Å². The van der Waals surface area contributed by atoms with Crippen molar-refractivity contribution < 1.29 is 0 Å². The summed E-state index contributed by atoms with van der Waals surface area (Å²) in [6.45, 7) is 5.76. The summed E-state index contributed by atoms with van der Waals surface area (Å²) in [5.74, 6) is 0.764. The number of aryl methyl sites for hydroxylation is 1. The Morgan fingerprint density at radius 2 is 1.75 bits per heavy atom. The largest absolute Gasteiger partial charge is 0.353 e. The second-order valence-electron chi connectivity index (χ2n) is 6.03. The van der Waals surface area contributed by atoms with Crippen LogP contribution in [0.1, 0.15) is 11.1 Å². The van der Waals surface area contributed by atoms with Gasteiger partial charge in [-0.2, -0.15) is 5.26 Å². The van der Waals surface area contributed by atoms with Gasteiger partial charge in [-0.05, 0) is 20.2 Å². The molecule has 2 aromatic rings. The number of piperazine rings is 1. The van der Waals surface area contributed by atoms with E-state index in [-0.39, 0.29) is 0 Å².